The number of fused-ring (bicyclic) bond motifs is 1. The number of carbonyl (C=O) groups is 1. The van der Waals surface area contributed by atoms with E-state index in [4.69, 9.17) is 4.74 Å². The molecule has 1 fully saturated rings. The van der Waals surface area contributed by atoms with Crippen LogP contribution in [0.15, 0.2) is 23.1 Å². The molecule has 0 amide bonds. The Bertz CT molecular complexity index is 776. The molecule has 0 atom stereocenters. The predicted molar refractivity (Wildman–Crippen MR) is 84.4 cm³/mol. The van der Waals surface area contributed by atoms with E-state index in [0.717, 1.165) is 31.3 Å². The molecular weight excluding hydrogens is 282 g/mol. The second-order valence-electron chi connectivity index (χ2n) is 5.38. The van der Waals surface area contributed by atoms with E-state index >= 15 is 0 Å². The molecule has 2 aromatic rings. The molecule has 1 aliphatic heterocycles. The number of aromatic nitrogens is 2. The van der Waals surface area contributed by atoms with E-state index in [0.29, 0.717) is 11.3 Å². The molecule has 1 aliphatic rings. The summed E-state index contributed by atoms with van der Waals surface area (Å²) in [5.41, 5.74) is 1.02. The van der Waals surface area contributed by atoms with Gasteiger partial charge < -0.3 is 9.64 Å². The number of nitrogens with zero attached hydrogens (tertiary/aromatic N) is 3. The van der Waals surface area contributed by atoms with Crippen molar-refractivity contribution in [2.75, 3.05) is 24.6 Å². The number of ether oxygens (including phenoxy) is 1. The van der Waals surface area contributed by atoms with Crippen LogP contribution in [0.1, 0.15) is 30.1 Å². The Morgan fingerprint density at radius 2 is 2.09 bits per heavy atom. The van der Waals surface area contributed by atoms with Gasteiger partial charge in [0.1, 0.15) is 11.2 Å². The highest BCUT2D eigenvalue weighted by atomic mass is 16.5. The van der Waals surface area contributed by atoms with Crippen LogP contribution in [0.4, 0.5) is 5.69 Å². The van der Waals surface area contributed by atoms with Crippen LogP contribution in [0.25, 0.3) is 11.0 Å². The molecule has 0 N–H and O–H groups in total. The van der Waals surface area contributed by atoms with Crippen LogP contribution in [-0.4, -0.2) is 35.2 Å². The number of hydrogen-bond donors (Lipinski definition) is 0. The van der Waals surface area contributed by atoms with Crippen molar-refractivity contribution in [3.63, 3.8) is 0 Å². The van der Waals surface area contributed by atoms with Gasteiger partial charge in [0.2, 0.25) is 0 Å². The third kappa shape index (κ3) is 2.24. The van der Waals surface area contributed by atoms with E-state index in [9.17, 15) is 9.59 Å². The molecule has 0 bridgehead atoms. The average molecular weight is 301 g/mol. The highest BCUT2D eigenvalue weighted by molar-refractivity contribution is 6.04. The number of hydrogen-bond acceptors (Lipinski definition) is 5. The first-order valence-electron chi connectivity index (χ1n) is 7.55. The van der Waals surface area contributed by atoms with Gasteiger partial charge in [0.05, 0.1) is 12.3 Å². The van der Waals surface area contributed by atoms with Crippen LogP contribution in [0.2, 0.25) is 0 Å². The van der Waals surface area contributed by atoms with Gasteiger partial charge in [0, 0.05) is 31.7 Å². The standard InChI is InChI=1S/C16H19N3O3/c1-3-22-16(21)12-13(19-9-4-5-10-19)11-7-6-8-17-14(11)18(2)15(12)20/h6-8H,3-5,9-10H2,1-2H3. The molecule has 0 aliphatic carbocycles. The van der Waals surface area contributed by atoms with Crippen LogP contribution in [0, 0.1) is 0 Å². The molecule has 1 saturated heterocycles. The summed E-state index contributed by atoms with van der Waals surface area (Å²) in [6, 6.07) is 3.72. The summed E-state index contributed by atoms with van der Waals surface area (Å²) < 4.78 is 6.53. The zero-order valence-corrected chi connectivity index (χ0v) is 12.8. The summed E-state index contributed by atoms with van der Waals surface area (Å²) in [6.07, 6.45) is 3.76. The lowest BCUT2D eigenvalue weighted by Crippen LogP contribution is -2.32. The zero-order chi connectivity index (χ0) is 15.7. The van der Waals surface area contributed by atoms with Crippen LogP contribution in [0.3, 0.4) is 0 Å². The Morgan fingerprint density at radius 3 is 2.77 bits per heavy atom. The summed E-state index contributed by atoms with van der Waals surface area (Å²) in [7, 11) is 1.63. The number of anilines is 1. The third-order valence-corrected chi connectivity index (χ3v) is 4.02. The molecule has 0 aromatic carbocycles. The minimum Gasteiger partial charge on any atom is -0.462 e. The van der Waals surface area contributed by atoms with E-state index in [2.05, 4.69) is 9.88 Å². The van der Waals surface area contributed by atoms with Crippen molar-refractivity contribution in [2.24, 2.45) is 7.05 Å². The quantitative estimate of drug-likeness (QED) is 0.808. The molecule has 6 nitrogen and oxygen atoms in total. The predicted octanol–water partition coefficient (Wildman–Crippen LogP) is 1.71. The van der Waals surface area contributed by atoms with E-state index in [-0.39, 0.29) is 17.7 Å². The lowest BCUT2D eigenvalue weighted by molar-refractivity contribution is 0.0524. The summed E-state index contributed by atoms with van der Waals surface area (Å²) in [4.78, 5) is 31.4. The first-order chi connectivity index (χ1) is 10.6. The van der Waals surface area contributed by atoms with Crippen LogP contribution < -0.4 is 10.5 Å². The fraction of sp³-hybridized carbons (Fsp3) is 0.438. The number of carbonyl (C=O) groups excluding carboxylic acids is 1. The summed E-state index contributed by atoms with van der Waals surface area (Å²) in [6.45, 7) is 3.65. The Morgan fingerprint density at radius 1 is 1.36 bits per heavy atom. The molecule has 2 aromatic heterocycles. The molecule has 3 rings (SSSR count). The smallest absolute Gasteiger partial charge is 0.345 e. The zero-order valence-electron chi connectivity index (χ0n) is 12.8. The largest absolute Gasteiger partial charge is 0.462 e. The van der Waals surface area contributed by atoms with Crippen molar-refractivity contribution in [3.05, 3.63) is 34.2 Å². The molecule has 6 heteroatoms. The van der Waals surface area contributed by atoms with Crippen molar-refractivity contribution in [3.8, 4) is 0 Å². The summed E-state index contributed by atoms with van der Waals surface area (Å²) >= 11 is 0. The molecule has 3 heterocycles. The van der Waals surface area contributed by atoms with E-state index in [1.165, 1.54) is 4.57 Å². The van der Waals surface area contributed by atoms with E-state index < -0.39 is 5.97 Å². The maximum Gasteiger partial charge on any atom is 0.345 e. The highest BCUT2D eigenvalue weighted by Gasteiger charge is 2.27. The summed E-state index contributed by atoms with van der Waals surface area (Å²) in [5, 5.41) is 0.814. The second-order valence-corrected chi connectivity index (χ2v) is 5.38. The van der Waals surface area contributed by atoms with Gasteiger partial charge in [0.15, 0.2) is 0 Å². The number of esters is 1. The topological polar surface area (TPSA) is 64.4 Å². The molecule has 0 radical (unpaired) electrons. The van der Waals surface area contributed by atoms with Crippen LogP contribution >= 0.6 is 0 Å². The fourth-order valence-electron chi connectivity index (χ4n) is 3.01. The lowest BCUT2D eigenvalue weighted by Gasteiger charge is -2.23. The Labute approximate surface area is 128 Å². The Balaban J connectivity index is 2.35. The van der Waals surface area contributed by atoms with Gasteiger partial charge in [-0.2, -0.15) is 0 Å². The van der Waals surface area contributed by atoms with Crippen molar-refractivity contribution in [1.82, 2.24) is 9.55 Å². The van der Waals surface area contributed by atoms with Crippen LogP contribution in [0.5, 0.6) is 0 Å². The third-order valence-electron chi connectivity index (χ3n) is 4.02. The fourth-order valence-corrected chi connectivity index (χ4v) is 3.01. The van der Waals surface area contributed by atoms with Gasteiger partial charge in [-0.15, -0.1) is 0 Å². The molecule has 0 spiro atoms. The second kappa shape index (κ2) is 5.79. The molecular formula is C16H19N3O3. The number of aryl methyl sites for hydroxylation is 1. The van der Waals surface area contributed by atoms with E-state index in [1.54, 1.807) is 20.2 Å². The Kier molecular flexibility index (Phi) is 3.83. The maximum atomic E-state index is 12.7. The Hall–Kier alpha value is -2.37. The SMILES string of the molecule is CCOC(=O)c1c(N2CCCC2)c2cccnc2n(C)c1=O. The molecule has 0 unspecified atom stereocenters. The number of pyridine rings is 2. The number of rotatable bonds is 3. The first-order valence-corrected chi connectivity index (χ1v) is 7.55. The lowest BCUT2D eigenvalue weighted by atomic mass is 10.1. The minimum atomic E-state index is -0.559. The van der Waals surface area contributed by atoms with Crippen molar-refractivity contribution < 1.29 is 9.53 Å². The normalized spacial score (nSPS) is 14.5. The molecule has 22 heavy (non-hydrogen) atoms. The van der Waals surface area contributed by atoms with Crippen LogP contribution in [-0.2, 0) is 11.8 Å². The van der Waals surface area contributed by atoms with Gasteiger partial charge in [-0.1, -0.05) is 0 Å². The molecule has 116 valence electrons. The van der Waals surface area contributed by atoms with Gasteiger partial charge in [-0.05, 0) is 31.9 Å². The highest BCUT2D eigenvalue weighted by Crippen LogP contribution is 2.30. The van der Waals surface area contributed by atoms with Crippen molar-refractivity contribution in [2.45, 2.75) is 19.8 Å². The van der Waals surface area contributed by atoms with Gasteiger partial charge in [-0.25, -0.2) is 9.78 Å². The monoisotopic (exact) mass is 301 g/mol. The van der Waals surface area contributed by atoms with Gasteiger partial charge in [0.25, 0.3) is 5.56 Å². The molecule has 0 saturated carbocycles. The minimum absolute atomic E-state index is 0.117. The van der Waals surface area contributed by atoms with Gasteiger partial charge >= 0.3 is 5.97 Å². The van der Waals surface area contributed by atoms with Gasteiger partial charge in [-0.3, -0.25) is 9.36 Å². The maximum absolute atomic E-state index is 12.7. The first kappa shape index (κ1) is 14.6. The van der Waals surface area contributed by atoms with Crippen molar-refractivity contribution >= 4 is 22.7 Å². The van der Waals surface area contributed by atoms with Crippen molar-refractivity contribution in [1.29, 1.82) is 0 Å². The van der Waals surface area contributed by atoms with E-state index in [1.807, 2.05) is 12.1 Å². The summed E-state index contributed by atoms with van der Waals surface area (Å²) in [5.74, 6) is -0.559. The average Bonchev–Trinajstić information content (AvgIpc) is 3.04.